The van der Waals surface area contributed by atoms with Crippen LogP contribution in [0.5, 0.6) is 11.5 Å². The average Bonchev–Trinajstić information content (AvgIpc) is 3.46. The molecule has 0 aliphatic carbocycles. The lowest BCUT2D eigenvalue weighted by Crippen LogP contribution is -2.38. The lowest BCUT2D eigenvalue weighted by molar-refractivity contribution is 0.0705. The van der Waals surface area contributed by atoms with E-state index in [0.717, 1.165) is 67.2 Å². The number of rotatable bonds is 15. The number of piperidine rings is 3. The number of nitrogens with one attached hydrogen (secondary N) is 3. The second kappa shape index (κ2) is 25.9. The van der Waals surface area contributed by atoms with E-state index in [9.17, 15) is 19.2 Å². The maximum atomic E-state index is 13.3. The Morgan fingerprint density at radius 1 is 0.533 bits per heavy atom. The highest BCUT2D eigenvalue weighted by Gasteiger charge is 2.27. The molecule has 0 bridgehead atoms. The largest absolute Gasteiger partial charge is 0.497 e. The van der Waals surface area contributed by atoms with E-state index in [0.29, 0.717) is 90.6 Å². The Morgan fingerprint density at radius 2 is 0.987 bits per heavy atom. The summed E-state index contributed by atoms with van der Waals surface area (Å²) in [6, 6.07) is 34.6. The zero-order valence-electron chi connectivity index (χ0n) is 43.9. The number of benzene rings is 4. The van der Waals surface area contributed by atoms with Crippen molar-refractivity contribution in [2.45, 2.75) is 70.6 Å². The summed E-state index contributed by atoms with van der Waals surface area (Å²) in [5.41, 5.74) is 7.72. The number of hydrogen-bond acceptors (Lipinski definition) is 11. The number of hydrogen-bond donors (Lipinski definition) is 3. The highest BCUT2D eigenvalue weighted by Crippen LogP contribution is 2.32. The van der Waals surface area contributed by atoms with Crippen molar-refractivity contribution in [1.29, 1.82) is 0 Å². The van der Waals surface area contributed by atoms with Crippen molar-refractivity contribution in [1.82, 2.24) is 19.8 Å². The van der Waals surface area contributed by atoms with Crippen LogP contribution in [0.1, 0.15) is 120 Å². The van der Waals surface area contributed by atoms with Gasteiger partial charge in [-0.15, -0.1) is 0 Å². The number of ether oxygens (including phenoxy) is 3. The molecular formula is C60H70N8O7. The standard InChI is InChI=1S/C31H36N4O3.C29H34N4O4/c1-22-6-7-25(31(37)35-18-14-24(15-19-35)23-8-11-27(38-2)12-9-23)20-28(22)33-30(36)26-10-13-29(32-21-26)34-16-4-3-5-17-34;1-20-4-5-23(18-26(20)32-28(34)24-8-11-27(31-19-24)30-14-17-36-2)29(35)33-15-12-22(13-16-33)21-6-9-25(37-3)10-7-21/h6-13,20-21,24H,3-5,14-19H2,1-2H3,(H,33,36);4-11,18-19,22H,12-17H2,1-3H3,(H,30,31)(H,32,34). The zero-order chi connectivity index (χ0) is 52.7. The fourth-order valence-corrected chi connectivity index (χ4v) is 9.86. The summed E-state index contributed by atoms with van der Waals surface area (Å²) in [5, 5.41) is 9.05. The van der Waals surface area contributed by atoms with Crippen molar-refractivity contribution in [2.75, 3.05) is 94.6 Å². The molecule has 0 atom stereocenters. The Bertz CT molecular complexity index is 2860. The minimum atomic E-state index is -0.274. The third kappa shape index (κ3) is 14.1. The maximum absolute atomic E-state index is 13.3. The number of carbonyl (C=O) groups is 4. The summed E-state index contributed by atoms with van der Waals surface area (Å²) in [5.74, 6) is 3.65. The summed E-state index contributed by atoms with van der Waals surface area (Å²) in [6.45, 7) is 9.87. The van der Waals surface area contributed by atoms with E-state index < -0.39 is 0 Å². The molecule has 0 unspecified atom stereocenters. The van der Waals surface area contributed by atoms with Crippen molar-refractivity contribution < 1.29 is 33.4 Å². The number of amides is 4. The summed E-state index contributed by atoms with van der Waals surface area (Å²) in [4.78, 5) is 67.3. The predicted octanol–water partition coefficient (Wildman–Crippen LogP) is 10.4. The monoisotopic (exact) mass is 1010 g/mol. The van der Waals surface area contributed by atoms with Gasteiger partial charge in [0, 0.05) is 87.8 Å². The molecule has 4 amide bonds. The first kappa shape index (κ1) is 53.5. The van der Waals surface area contributed by atoms with Crippen LogP contribution in [-0.2, 0) is 4.74 Å². The van der Waals surface area contributed by atoms with Crippen LogP contribution in [0.3, 0.4) is 0 Å². The molecule has 3 aliphatic heterocycles. The van der Waals surface area contributed by atoms with Crippen LogP contribution in [0.4, 0.5) is 23.0 Å². The van der Waals surface area contributed by atoms with E-state index in [-0.39, 0.29) is 23.6 Å². The summed E-state index contributed by atoms with van der Waals surface area (Å²) in [7, 11) is 4.98. The second-order valence-electron chi connectivity index (χ2n) is 19.5. The van der Waals surface area contributed by atoms with E-state index in [4.69, 9.17) is 14.2 Å². The molecule has 0 spiro atoms. The quantitative estimate of drug-likeness (QED) is 0.0838. The van der Waals surface area contributed by atoms with E-state index in [1.54, 1.807) is 51.8 Å². The average molecular weight is 1020 g/mol. The second-order valence-corrected chi connectivity index (χ2v) is 19.5. The van der Waals surface area contributed by atoms with E-state index in [1.807, 2.05) is 84.3 Å². The first-order chi connectivity index (χ1) is 36.5. The van der Waals surface area contributed by atoms with Gasteiger partial charge in [0.15, 0.2) is 0 Å². The minimum Gasteiger partial charge on any atom is -0.497 e. The normalized spacial score (nSPS) is 15.0. The number of nitrogens with zero attached hydrogens (tertiary/aromatic N) is 5. The van der Waals surface area contributed by atoms with Gasteiger partial charge in [0.1, 0.15) is 23.1 Å². The summed E-state index contributed by atoms with van der Waals surface area (Å²) >= 11 is 0. The van der Waals surface area contributed by atoms with Gasteiger partial charge in [-0.2, -0.15) is 0 Å². The molecule has 2 aromatic heterocycles. The van der Waals surface area contributed by atoms with Gasteiger partial charge >= 0.3 is 0 Å². The third-order valence-corrected chi connectivity index (χ3v) is 14.5. The highest BCUT2D eigenvalue weighted by molar-refractivity contribution is 6.06. The van der Waals surface area contributed by atoms with Crippen LogP contribution >= 0.6 is 0 Å². The Labute approximate surface area is 441 Å². The number of likely N-dealkylation sites (tertiary alicyclic amines) is 2. The number of aryl methyl sites for hydroxylation is 2. The molecule has 5 heterocycles. The van der Waals surface area contributed by atoms with Gasteiger partial charge in [-0.05, 0) is 166 Å². The topological polar surface area (TPSA) is 168 Å². The van der Waals surface area contributed by atoms with Gasteiger partial charge in [-0.1, -0.05) is 36.4 Å². The number of aromatic nitrogens is 2. The molecule has 3 fully saturated rings. The summed E-state index contributed by atoms with van der Waals surface area (Å²) < 4.78 is 15.5. The molecule has 0 radical (unpaired) electrons. The van der Waals surface area contributed by atoms with Crippen LogP contribution in [0.25, 0.3) is 0 Å². The van der Waals surface area contributed by atoms with Crippen molar-refractivity contribution in [3.8, 4) is 11.5 Å². The highest BCUT2D eigenvalue weighted by atomic mass is 16.5. The number of methoxy groups -OCH3 is 3. The molecule has 0 saturated carbocycles. The third-order valence-electron chi connectivity index (χ3n) is 14.5. The summed E-state index contributed by atoms with van der Waals surface area (Å²) in [6.07, 6.45) is 10.5. The SMILES string of the molecule is COCCNc1ccc(C(=O)Nc2cc(C(=O)N3CCC(c4ccc(OC)cc4)CC3)ccc2C)cn1.COc1ccc(C2CCN(C(=O)c3ccc(C)c(NC(=O)c4ccc(N5CCCCC5)nc4)c3)CC2)cc1. The molecule has 3 saturated heterocycles. The van der Waals surface area contributed by atoms with Crippen molar-refractivity contribution in [3.05, 3.63) is 166 Å². The first-order valence-corrected chi connectivity index (χ1v) is 26.1. The minimum absolute atomic E-state index is 0.00114. The Kier molecular flexibility index (Phi) is 18.5. The lowest BCUT2D eigenvalue weighted by Gasteiger charge is -2.32. The molecule has 15 nitrogen and oxygen atoms in total. The molecule has 392 valence electrons. The van der Waals surface area contributed by atoms with Gasteiger partial charge in [-0.25, -0.2) is 9.97 Å². The molecule has 9 rings (SSSR count). The Balaban J connectivity index is 0.000000199. The fraction of sp³-hybridized carbons (Fsp3) is 0.367. The van der Waals surface area contributed by atoms with Crippen LogP contribution in [0.2, 0.25) is 0 Å². The van der Waals surface area contributed by atoms with Crippen LogP contribution < -0.4 is 30.3 Å². The smallest absolute Gasteiger partial charge is 0.257 e. The van der Waals surface area contributed by atoms with Crippen LogP contribution in [-0.4, -0.2) is 117 Å². The van der Waals surface area contributed by atoms with Crippen molar-refractivity contribution in [2.24, 2.45) is 0 Å². The van der Waals surface area contributed by atoms with Gasteiger partial charge < -0.3 is 44.9 Å². The van der Waals surface area contributed by atoms with E-state index >= 15 is 0 Å². The van der Waals surface area contributed by atoms with Crippen LogP contribution in [0.15, 0.2) is 122 Å². The van der Waals surface area contributed by atoms with Gasteiger partial charge in [0.2, 0.25) is 0 Å². The van der Waals surface area contributed by atoms with Gasteiger partial charge in [-0.3, -0.25) is 19.2 Å². The molecular weight excluding hydrogens is 945 g/mol. The Hall–Kier alpha value is -7.78. The molecule has 75 heavy (non-hydrogen) atoms. The van der Waals surface area contributed by atoms with Gasteiger partial charge in [0.25, 0.3) is 23.6 Å². The maximum Gasteiger partial charge on any atom is 0.257 e. The molecule has 4 aromatic carbocycles. The van der Waals surface area contributed by atoms with E-state index in [2.05, 4.69) is 55.1 Å². The lowest BCUT2D eigenvalue weighted by atomic mass is 9.89. The number of carbonyl (C=O) groups excluding carboxylic acids is 4. The van der Waals surface area contributed by atoms with Crippen molar-refractivity contribution >= 4 is 46.6 Å². The molecule has 3 aliphatic rings. The number of anilines is 4. The van der Waals surface area contributed by atoms with E-state index in [1.165, 1.54) is 36.6 Å². The molecule has 6 aromatic rings. The fourth-order valence-electron chi connectivity index (χ4n) is 9.86. The molecule has 15 heteroatoms. The first-order valence-electron chi connectivity index (χ1n) is 26.1. The van der Waals surface area contributed by atoms with Gasteiger partial charge in [0.05, 0.1) is 32.0 Å². The number of pyridine rings is 2. The zero-order valence-corrected chi connectivity index (χ0v) is 43.9. The van der Waals surface area contributed by atoms with Crippen molar-refractivity contribution in [3.63, 3.8) is 0 Å². The predicted molar refractivity (Wildman–Crippen MR) is 295 cm³/mol. The molecule has 3 N–H and O–H groups in total. The van der Waals surface area contributed by atoms with Crippen LogP contribution in [0, 0.1) is 13.8 Å². The Morgan fingerprint density at radius 3 is 1.40 bits per heavy atom.